The van der Waals surface area contributed by atoms with Crippen molar-refractivity contribution in [3.8, 4) is 12.8 Å². The van der Waals surface area contributed by atoms with Gasteiger partial charge < -0.3 is 21.0 Å². The highest BCUT2D eigenvalue weighted by Crippen LogP contribution is 2.22. The quantitative estimate of drug-likeness (QED) is 0.161. The van der Waals surface area contributed by atoms with E-state index in [1.807, 2.05) is 12.3 Å². The highest BCUT2D eigenvalue weighted by molar-refractivity contribution is 7.96. The van der Waals surface area contributed by atoms with Crippen molar-refractivity contribution >= 4 is 23.6 Å². The van der Waals surface area contributed by atoms with Gasteiger partial charge in [0.15, 0.2) is 11.5 Å². The van der Waals surface area contributed by atoms with Crippen molar-refractivity contribution < 1.29 is 19.0 Å². The molecular formula is C19H25FN6O3S. The molecule has 0 bridgehead atoms. The molecule has 2 aromatic rings. The lowest BCUT2D eigenvalue weighted by Gasteiger charge is -2.31. The largest absolute Gasteiger partial charge is 0.409 e. The number of benzene rings is 1. The smallest absolute Gasteiger partial charge is 0.202 e. The van der Waals surface area contributed by atoms with Crippen LogP contribution in [0.4, 0.5) is 10.2 Å². The summed E-state index contributed by atoms with van der Waals surface area (Å²) in [6.07, 6.45) is 12.3. The van der Waals surface area contributed by atoms with Gasteiger partial charge in [0.2, 0.25) is 5.82 Å². The molecule has 4 N–H and O–H groups in total. The number of amidine groups is 1. The Morgan fingerprint density at radius 2 is 2.17 bits per heavy atom. The van der Waals surface area contributed by atoms with E-state index >= 15 is 0 Å². The maximum Gasteiger partial charge on any atom is 0.202 e. The third-order valence-electron chi connectivity index (χ3n) is 4.53. The first-order valence-electron chi connectivity index (χ1n) is 9.16. The lowest BCUT2D eigenvalue weighted by molar-refractivity contribution is 0.0101. The Labute approximate surface area is 178 Å². The molecule has 0 spiro atoms. The van der Waals surface area contributed by atoms with Crippen LogP contribution in [0.3, 0.4) is 0 Å². The topological polar surface area (TPSA) is 122 Å². The number of morpholine rings is 1. The Balaban J connectivity index is 0.000000241. The molecule has 2 aliphatic rings. The highest BCUT2D eigenvalue weighted by atomic mass is 32.2. The van der Waals surface area contributed by atoms with E-state index in [2.05, 4.69) is 42.6 Å². The van der Waals surface area contributed by atoms with Gasteiger partial charge in [0.05, 0.1) is 12.7 Å². The molecule has 1 aliphatic heterocycles. The summed E-state index contributed by atoms with van der Waals surface area (Å²) in [5.41, 5.74) is 8.13. The summed E-state index contributed by atoms with van der Waals surface area (Å²) >= 11 is 1.69. The number of aryl methyl sites for hydroxylation is 2. The van der Waals surface area contributed by atoms with Crippen molar-refractivity contribution in [3.63, 3.8) is 0 Å². The minimum absolute atomic E-state index is 0.0399. The summed E-state index contributed by atoms with van der Waals surface area (Å²) in [6.45, 7) is 2.96. The minimum Gasteiger partial charge on any atom is -0.409 e. The number of nitrogens with two attached hydrogens (primary N) is 1. The van der Waals surface area contributed by atoms with Gasteiger partial charge in [-0.05, 0) is 52.7 Å². The number of hydrogen-bond acceptors (Lipinski definition) is 9. The summed E-state index contributed by atoms with van der Waals surface area (Å²) in [6, 6.07) is 5.02. The molecule has 0 saturated carbocycles. The van der Waals surface area contributed by atoms with E-state index in [9.17, 15) is 4.39 Å². The van der Waals surface area contributed by atoms with Crippen LogP contribution in [-0.4, -0.2) is 64.3 Å². The van der Waals surface area contributed by atoms with Crippen molar-refractivity contribution in [3.05, 3.63) is 40.8 Å². The molecule has 30 heavy (non-hydrogen) atoms. The lowest BCUT2D eigenvalue weighted by Crippen LogP contribution is -2.42. The van der Waals surface area contributed by atoms with E-state index < -0.39 is 0 Å². The summed E-state index contributed by atoms with van der Waals surface area (Å²) in [5.74, 6) is 0.0766. The monoisotopic (exact) mass is 436 g/mol. The Hall–Kier alpha value is -2.81. The molecule has 11 heteroatoms. The number of terminal acetylenes is 1. The van der Waals surface area contributed by atoms with Gasteiger partial charge in [-0.1, -0.05) is 23.2 Å². The van der Waals surface area contributed by atoms with Crippen molar-refractivity contribution in [2.75, 3.05) is 37.8 Å². The molecule has 1 aliphatic carbocycles. The molecule has 0 unspecified atom stereocenters. The normalized spacial score (nSPS) is 18.0. The minimum atomic E-state index is -0.154. The molecule has 4 rings (SSSR count). The molecule has 0 amide bonds. The number of ether oxygens (including phenoxy) is 1. The number of halogens is 1. The van der Waals surface area contributed by atoms with Crippen LogP contribution < -0.4 is 11.1 Å². The number of rotatable bonds is 5. The van der Waals surface area contributed by atoms with Crippen LogP contribution in [0.1, 0.15) is 16.8 Å². The highest BCUT2D eigenvalue weighted by Gasteiger charge is 2.21. The maximum absolute atomic E-state index is 12.4. The second kappa shape index (κ2) is 12.0. The molecule has 1 fully saturated rings. The van der Waals surface area contributed by atoms with Crippen LogP contribution in [0.25, 0.3) is 0 Å². The predicted octanol–water partition coefficient (Wildman–Crippen LogP) is 1.73. The molecule has 1 atom stereocenters. The van der Waals surface area contributed by atoms with Crippen molar-refractivity contribution in [2.24, 2.45) is 10.9 Å². The maximum atomic E-state index is 12.4. The molecular weight excluding hydrogens is 411 g/mol. The van der Waals surface area contributed by atoms with Gasteiger partial charge in [-0.3, -0.25) is 0 Å². The first-order valence-corrected chi connectivity index (χ1v) is 10.3. The van der Waals surface area contributed by atoms with Gasteiger partial charge in [-0.25, -0.2) is 13.3 Å². The number of oxime groups is 1. The molecule has 1 saturated heterocycles. The van der Waals surface area contributed by atoms with Gasteiger partial charge >= 0.3 is 0 Å². The number of nitrogens with zero attached hydrogens (tertiary/aromatic N) is 4. The fourth-order valence-electron chi connectivity index (χ4n) is 2.88. The van der Waals surface area contributed by atoms with Gasteiger partial charge in [0, 0.05) is 19.6 Å². The number of nitrogens with one attached hydrogen (secondary N) is 1. The summed E-state index contributed by atoms with van der Waals surface area (Å²) < 4.78 is 24.8. The van der Waals surface area contributed by atoms with Crippen molar-refractivity contribution in [2.45, 2.75) is 18.9 Å². The molecule has 1 aromatic carbocycles. The van der Waals surface area contributed by atoms with Gasteiger partial charge in [-0.15, -0.1) is 12.8 Å². The number of aromatic nitrogens is 2. The number of hydrogen-bond donors (Lipinski definition) is 3. The van der Waals surface area contributed by atoms with Gasteiger partial charge in [0.25, 0.3) is 0 Å². The van der Waals surface area contributed by atoms with Crippen LogP contribution in [-0.2, 0) is 17.6 Å². The van der Waals surface area contributed by atoms with Crippen LogP contribution in [0.15, 0.2) is 28.0 Å². The average Bonchev–Trinajstić information content (AvgIpc) is 3.25. The number of fused-ring (bicyclic) bond motifs is 1. The first-order chi connectivity index (χ1) is 14.6. The second-order valence-electron chi connectivity index (χ2n) is 6.30. The molecule has 1 aromatic heterocycles. The van der Waals surface area contributed by atoms with Crippen LogP contribution in [0, 0.1) is 18.7 Å². The Morgan fingerprint density at radius 1 is 1.40 bits per heavy atom. The average molecular weight is 437 g/mol. The third kappa shape index (κ3) is 6.35. The van der Waals surface area contributed by atoms with E-state index in [1.54, 1.807) is 18.0 Å². The molecule has 9 nitrogen and oxygen atoms in total. The second-order valence-corrected chi connectivity index (χ2v) is 7.19. The predicted molar refractivity (Wildman–Crippen MR) is 114 cm³/mol. The zero-order valence-electron chi connectivity index (χ0n) is 16.6. The van der Waals surface area contributed by atoms with Gasteiger partial charge in [0.1, 0.15) is 5.82 Å². The summed E-state index contributed by atoms with van der Waals surface area (Å²) in [5, 5.41) is 21.7. The summed E-state index contributed by atoms with van der Waals surface area (Å²) in [7, 11) is 0. The summed E-state index contributed by atoms with van der Waals surface area (Å²) in [4.78, 5) is 0. The Morgan fingerprint density at radius 3 is 2.77 bits per heavy atom. The van der Waals surface area contributed by atoms with Crippen molar-refractivity contribution in [1.82, 2.24) is 14.6 Å². The van der Waals surface area contributed by atoms with E-state index in [4.69, 9.17) is 15.7 Å². The molecule has 0 radical (unpaired) electrons. The van der Waals surface area contributed by atoms with E-state index in [1.165, 1.54) is 17.2 Å². The van der Waals surface area contributed by atoms with E-state index in [-0.39, 0.29) is 23.5 Å². The standard InChI is InChI=1S/C9H16N6O3S.C8H7F.C2H2/c1-19-15-2-3-17-6(5-15)4-11-9-7(8(10)12-16)13-18-14-9;9-8-4-3-6-1-2-7(6)5-8;1-2/h6,16H,2-5H2,1H3,(H2,10,12)(H,11,14);3-5H,1-2H2;1-2H/t6-;;/m0../s1. The number of anilines is 1. The van der Waals surface area contributed by atoms with Gasteiger partial charge in [-0.2, -0.15) is 0 Å². The van der Waals surface area contributed by atoms with Crippen molar-refractivity contribution in [1.29, 1.82) is 0 Å². The fraction of sp³-hybridized carbons (Fsp3) is 0.421. The zero-order valence-corrected chi connectivity index (χ0v) is 17.4. The first kappa shape index (κ1) is 23.5. The van der Waals surface area contributed by atoms with E-state index in [0.717, 1.165) is 25.9 Å². The fourth-order valence-corrected chi connectivity index (χ4v) is 3.45. The van der Waals surface area contributed by atoms with Crippen LogP contribution >= 0.6 is 11.9 Å². The Kier molecular flexibility index (Phi) is 9.40. The Bertz CT molecular complexity index is 860. The molecule has 162 valence electrons. The zero-order chi connectivity index (χ0) is 21.9. The van der Waals surface area contributed by atoms with Crippen LogP contribution in [0.5, 0.6) is 0 Å². The van der Waals surface area contributed by atoms with Crippen LogP contribution in [0.2, 0.25) is 0 Å². The molecule has 2 heterocycles. The lowest BCUT2D eigenvalue weighted by atomic mass is 9.89. The SMILES string of the molecule is C#C.CSN1CCO[C@@H](CNc2nonc2/C(N)=N\O)C1.Fc1ccc2c(c1)CC2. The van der Waals surface area contributed by atoms with E-state index in [0.29, 0.717) is 19.0 Å². The third-order valence-corrected chi connectivity index (χ3v) is 5.38.